The van der Waals surface area contributed by atoms with Crippen molar-refractivity contribution >= 4 is 17.2 Å². The number of benzene rings is 1. The molecule has 1 aromatic carbocycles. The van der Waals surface area contributed by atoms with Crippen LogP contribution in [-0.4, -0.2) is 21.0 Å². The van der Waals surface area contributed by atoms with Gasteiger partial charge < -0.3 is 19.0 Å². The number of ether oxygens (including phenoxy) is 1. The molecule has 0 unspecified atom stereocenters. The Morgan fingerprint density at radius 3 is 2.62 bits per heavy atom. The molecular formula is C19H12F4N4O4S. The summed E-state index contributed by atoms with van der Waals surface area (Å²) in [6, 6.07) is 8.41. The molecule has 166 valence electrons. The van der Waals surface area contributed by atoms with E-state index in [4.69, 9.17) is 13.7 Å². The molecule has 0 fully saturated rings. The summed E-state index contributed by atoms with van der Waals surface area (Å²) in [7, 11) is 0. The average Bonchev–Trinajstić information content (AvgIpc) is 3.51. The van der Waals surface area contributed by atoms with Crippen molar-refractivity contribution in [3.05, 3.63) is 69.9 Å². The third-order valence-electron chi connectivity index (χ3n) is 3.92. The molecule has 0 atom stereocenters. The molecule has 32 heavy (non-hydrogen) atoms. The lowest BCUT2D eigenvalue weighted by Gasteiger charge is -2.03. The third kappa shape index (κ3) is 5.11. The van der Waals surface area contributed by atoms with Crippen LogP contribution < -0.4 is 10.1 Å². The number of carbonyl (C=O) groups is 1. The Bertz CT molecular complexity index is 1220. The molecule has 0 radical (unpaired) electrons. The molecule has 0 aliphatic carbocycles. The summed E-state index contributed by atoms with van der Waals surface area (Å²) in [5.74, 6) is -0.311. The fourth-order valence-corrected chi connectivity index (χ4v) is 3.10. The van der Waals surface area contributed by atoms with Crippen LogP contribution in [0.15, 0.2) is 50.7 Å². The topological polar surface area (TPSA) is 103 Å². The minimum Gasteiger partial charge on any atom is -0.486 e. The van der Waals surface area contributed by atoms with E-state index in [1.54, 1.807) is 6.07 Å². The number of rotatable bonds is 7. The molecule has 0 spiro atoms. The molecule has 4 rings (SSSR count). The molecule has 0 bridgehead atoms. The molecule has 3 aromatic heterocycles. The number of alkyl halides is 3. The van der Waals surface area contributed by atoms with Gasteiger partial charge >= 0.3 is 6.18 Å². The Balaban J connectivity index is 1.30. The maximum atomic E-state index is 12.9. The summed E-state index contributed by atoms with van der Waals surface area (Å²) in [6.07, 6.45) is -4.56. The van der Waals surface area contributed by atoms with E-state index in [2.05, 4.69) is 20.4 Å². The quantitative estimate of drug-likeness (QED) is 0.400. The highest BCUT2D eigenvalue weighted by Gasteiger charge is 2.35. The van der Waals surface area contributed by atoms with Crippen LogP contribution in [0.5, 0.6) is 5.75 Å². The second kappa shape index (κ2) is 8.78. The maximum absolute atomic E-state index is 12.9. The van der Waals surface area contributed by atoms with Crippen molar-refractivity contribution in [3.8, 4) is 17.3 Å². The van der Waals surface area contributed by atoms with Crippen molar-refractivity contribution in [1.29, 1.82) is 0 Å². The highest BCUT2D eigenvalue weighted by molar-refractivity contribution is 7.10. The van der Waals surface area contributed by atoms with Crippen molar-refractivity contribution in [2.24, 2.45) is 0 Å². The first-order valence-corrected chi connectivity index (χ1v) is 9.77. The molecule has 3 heterocycles. The van der Waals surface area contributed by atoms with Crippen molar-refractivity contribution < 1.29 is 36.0 Å². The van der Waals surface area contributed by atoms with E-state index in [0.29, 0.717) is 22.8 Å². The van der Waals surface area contributed by atoms with Crippen LogP contribution in [-0.2, 0) is 19.3 Å². The van der Waals surface area contributed by atoms with Crippen molar-refractivity contribution in [2.75, 3.05) is 0 Å². The molecule has 13 heteroatoms. The van der Waals surface area contributed by atoms with Gasteiger partial charge in [-0.05, 0) is 36.4 Å². The summed E-state index contributed by atoms with van der Waals surface area (Å²) in [5, 5.41) is 6.23. The second-order valence-corrected chi connectivity index (χ2v) is 7.10. The zero-order valence-electron chi connectivity index (χ0n) is 15.9. The van der Waals surface area contributed by atoms with Gasteiger partial charge in [0.15, 0.2) is 16.6 Å². The van der Waals surface area contributed by atoms with Crippen LogP contribution in [0.25, 0.3) is 11.6 Å². The zero-order chi connectivity index (χ0) is 22.7. The molecule has 8 nitrogen and oxygen atoms in total. The summed E-state index contributed by atoms with van der Waals surface area (Å²) in [6.45, 7) is -0.124. The average molecular weight is 468 g/mol. The minimum absolute atomic E-state index is 0.000690. The Morgan fingerprint density at radius 2 is 1.91 bits per heavy atom. The number of aromatic nitrogens is 3. The number of hydrogen-bond acceptors (Lipinski definition) is 8. The fraction of sp³-hybridized carbons (Fsp3) is 0.158. The minimum atomic E-state index is -4.56. The van der Waals surface area contributed by atoms with Gasteiger partial charge in [-0.2, -0.15) is 18.2 Å². The molecule has 1 amide bonds. The summed E-state index contributed by atoms with van der Waals surface area (Å²) >= 11 is 0.409. The fourth-order valence-electron chi connectivity index (χ4n) is 2.44. The van der Waals surface area contributed by atoms with Crippen LogP contribution in [0.3, 0.4) is 0 Å². The van der Waals surface area contributed by atoms with E-state index in [1.807, 2.05) is 0 Å². The van der Waals surface area contributed by atoms with Gasteiger partial charge in [-0.3, -0.25) is 4.79 Å². The molecule has 0 aliphatic rings. The van der Waals surface area contributed by atoms with Crippen LogP contribution in [0.4, 0.5) is 17.6 Å². The predicted octanol–water partition coefficient (Wildman–Crippen LogP) is 4.45. The Kier molecular flexibility index (Phi) is 5.90. The first-order chi connectivity index (χ1) is 15.3. The monoisotopic (exact) mass is 468 g/mol. The number of hydrogen-bond donors (Lipinski definition) is 1. The van der Waals surface area contributed by atoms with E-state index in [0.717, 1.165) is 5.38 Å². The first kappa shape index (κ1) is 21.5. The number of carbonyl (C=O) groups excluding carboxylic acids is 1. The van der Waals surface area contributed by atoms with Crippen LogP contribution in [0, 0.1) is 5.82 Å². The first-order valence-electron chi connectivity index (χ1n) is 8.89. The molecule has 0 saturated heterocycles. The van der Waals surface area contributed by atoms with Crippen LogP contribution >= 0.6 is 11.3 Å². The van der Waals surface area contributed by atoms with Crippen molar-refractivity contribution in [2.45, 2.75) is 19.3 Å². The number of furan rings is 1. The van der Waals surface area contributed by atoms with E-state index in [-0.39, 0.29) is 42.1 Å². The van der Waals surface area contributed by atoms with E-state index >= 15 is 0 Å². The van der Waals surface area contributed by atoms with Gasteiger partial charge in [0.25, 0.3) is 11.8 Å². The smallest absolute Gasteiger partial charge is 0.443 e. The molecule has 0 aliphatic heterocycles. The largest absolute Gasteiger partial charge is 0.486 e. The lowest BCUT2D eigenvalue weighted by Crippen LogP contribution is -2.22. The summed E-state index contributed by atoms with van der Waals surface area (Å²) in [4.78, 5) is 19.6. The number of nitrogens with zero attached hydrogens (tertiary/aromatic N) is 3. The maximum Gasteiger partial charge on any atom is 0.443 e. The third-order valence-corrected chi connectivity index (χ3v) is 4.81. The van der Waals surface area contributed by atoms with Gasteiger partial charge in [-0.1, -0.05) is 5.16 Å². The summed E-state index contributed by atoms with van der Waals surface area (Å²) < 4.78 is 66.6. The Labute approximate surface area is 180 Å². The number of nitrogens with one attached hydrogen (secondary N) is 1. The van der Waals surface area contributed by atoms with E-state index in [9.17, 15) is 22.4 Å². The molecule has 0 saturated carbocycles. The highest BCUT2D eigenvalue weighted by atomic mass is 32.1. The molecule has 4 aromatic rings. The molecule has 1 N–H and O–H groups in total. The van der Waals surface area contributed by atoms with Crippen LogP contribution in [0.1, 0.15) is 27.1 Å². The van der Waals surface area contributed by atoms with Gasteiger partial charge in [0.05, 0.1) is 6.54 Å². The van der Waals surface area contributed by atoms with Crippen molar-refractivity contribution in [3.63, 3.8) is 0 Å². The number of amides is 1. The Hall–Kier alpha value is -3.74. The number of halogens is 4. The van der Waals surface area contributed by atoms with E-state index < -0.39 is 17.1 Å². The highest BCUT2D eigenvalue weighted by Crippen LogP contribution is 2.33. The predicted molar refractivity (Wildman–Crippen MR) is 101 cm³/mol. The zero-order valence-corrected chi connectivity index (χ0v) is 16.7. The van der Waals surface area contributed by atoms with Gasteiger partial charge in [-0.15, -0.1) is 11.3 Å². The second-order valence-electron chi connectivity index (χ2n) is 6.24. The SMILES string of the molecule is O=C(NCc1noc(-c2csc(C(F)(F)F)n2)n1)c1ccc(COc2ccc(F)cc2)o1. The Morgan fingerprint density at radius 1 is 1.12 bits per heavy atom. The summed E-state index contributed by atoms with van der Waals surface area (Å²) in [5.41, 5.74) is -0.107. The van der Waals surface area contributed by atoms with Gasteiger partial charge in [0.1, 0.15) is 29.6 Å². The van der Waals surface area contributed by atoms with Gasteiger partial charge in [0, 0.05) is 5.38 Å². The normalized spacial score (nSPS) is 11.5. The molecular weight excluding hydrogens is 456 g/mol. The van der Waals surface area contributed by atoms with Gasteiger partial charge in [0.2, 0.25) is 0 Å². The lowest BCUT2D eigenvalue weighted by atomic mass is 10.3. The van der Waals surface area contributed by atoms with Crippen LogP contribution in [0.2, 0.25) is 0 Å². The standard InChI is InChI=1S/C19H12F4N4O4S/c20-10-1-3-11(4-2-10)29-8-12-5-6-14(30-12)16(28)24-7-15-26-17(31-27-15)13-9-32-18(25-13)19(21,22)23/h1-6,9H,7-8H2,(H,24,28). The number of thiazole rings is 1. The lowest BCUT2D eigenvalue weighted by molar-refractivity contribution is -0.137. The van der Waals surface area contributed by atoms with Gasteiger partial charge in [-0.25, -0.2) is 9.37 Å². The van der Waals surface area contributed by atoms with E-state index in [1.165, 1.54) is 30.3 Å². The van der Waals surface area contributed by atoms with Crippen molar-refractivity contribution in [1.82, 2.24) is 20.4 Å².